The Morgan fingerprint density at radius 3 is 2.70 bits per heavy atom. The lowest BCUT2D eigenvalue weighted by atomic mass is 9.81. The Bertz CT molecular complexity index is 578. The molecule has 1 aromatic heterocycles. The van der Waals surface area contributed by atoms with Crippen LogP contribution in [-0.4, -0.2) is 6.54 Å². The molecule has 1 nitrogen and oxygen atoms in total. The van der Waals surface area contributed by atoms with Crippen molar-refractivity contribution in [3.8, 4) is 0 Å². The lowest BCUT2D eigenvalue weighted by Gasteiger charge is -2.30. The molecule has 0 fully saturated rings. The molecule has 0 radical (unpaired) electrons. The quantitative estimate of drug-likeness (QED) is 0.821. The molecule has 0 spiro atoms. The second-order valence-corrected chi connectivity index (χ2v) is 7.37. The van der Waals surface area contributed by atoms with Crippen LogP contribution >= 0.6 is 22.9 Å². The maximum atomic E-state index is 5.97. The summed E-state index contributed by atoms with van der Waals surface area (Å²) in [7, 11) is 0. The number of halogens is 1. The Kier molecular flexibility index (Phi) is 4.45. The summed E-state index contributed by atoms with van der Waals surface area (Å²) in [6.07, 6.45) is 3.58. The van der Waals surface area contributed by atoms with Gasteiger partial charge in [0.25, 0.3) is 0 Å². The highest BCUT2D eigenvalue weighted by molar-refractivity contribution is 7.16. The van der Waals surface area contributed by atoms with Gasteiger partial charge in [0.05, 0.1) is 4.34 Å². The van der Waals surface area contributed by atoms with Crippen LogP contribution in [0, 0.1) is 0 Å². The van der Waals surface area contributed by atoms with Crippen molar-refractivity contribution < 1.29 is 0 Å². The molecule has 3 heteroatoms. The zero-order chi connectivity index (χ0) is 13.9. The van der Waals surface area contributed by atoms with Gasteiger partial charge in [-0.05, 0) is 48.4 Å². The normalized spacial score (nSPS) is 21.7. The molecule has 20 heavy (non-hydrogen) atoms. The molecule has 1 aromatic carbocycles. The third-order valence-electron chi connectivity index (χ3n) is 4.18. The smallest absolute Gasteiger partial charge is 0.0931 e. The zero-order valence-electron chi connectivity index (χ0n) is 11.7. The lowest BCUT2D eigenvalue weighted by Crippen LogP contribution is -2.27. The molecular weight excluding hydrogens is 286 g/mol. The SMILES string of the molecule is CC1CCC(NCCc2ccc(Cl)s2)c2ccccc21. The molecule has 0 saturated carbocycles. The minimum atomic E-state index is 0.512. The van der Waals surface area contributed by atoms with Crippen molar-refractivity contribution in [2.24, 2.45) is 0 Å². The molecule has 2 aromatic rings. The lowest BCUT2D eigenvalue weighted by molar-refractivity contribution is 0.435. The number of hydrogen-bond donors (Lipinski definition) is 1. The number of thiophene rings is 1. The van der Waals surface area contributed by atoms with Crippen LogP contribution in [0.2, 0.25) is 4.34 Å². The van der Waals surface area contributed by atoms with Gasteiger partial charge in [0, 0.05) is 17.5 Å². The average molecular weight is 306 g/mol. The van der Waals surface area contributed by atoms with Gasteiger partial charge in [0.1, 0.15) is 0 Å². The van der Waals surface area contributed by atoms with Gasteiger partial charge in [0.2, 0.25) is 0 Å². The molecule has 2 unspecified atom stereocenters. The molecule has 1 heterocycles. The Balaban J connectivity index is 1.62. The van der Waals surface area contributed by atoms with Crippen molar-refractivity contribution in [2.45, 2.75) is 38.1 Å². The maximum Gasteiger partial charge on any atom is 0.0931 e. The molecule has 0 amide bonds. The van der Waals surface area contributed by atoms with E-state index in [1.807, 2.05) is 6.07 Å². The molecule has 106 valence electrons. The Labute approximate surface area is 130 Å². The molecule has 1 N–H and O–H groups in total. The van der Waals surface area contributed by atoms with Crippen LogP contribution in [-0.2, 0) is 6.42 Å². The van der Waals surface area contributed by atoms with E-state index in [2.05, 4.69) is 42.6 Å². The highest BCUT2D eigenvalue weighted by Crippen LogP contribution is 2.36. The summed E-state index contributed by atoms with van der Waals surface area (Å²) >= 11 is 7.65. The molecular formula is C17H20ClNS. The van der Waals surface area contributed by atoms with E-state index in [0.717, 1.165) is 17.3 Å². The number of benzene rings is 1. The standard InChI is InChI=1S/C17H20ClNS/c1-12-6-8-16(15-5-3-2-4-14(12)15)19-11-10-13-7-9-17(18)20-13/h2-5,7,9,12,16,19H,6,8,10-11H2,1H3. The monoisotopic (exact) mass is 305 g/mol. The topological polar surface area (TPSA) is 12.0 Å². The van der Waals surface area contributed by atoms with Crippen LogP contribution in [0.5, 0.6) is 0 Å². The average Bonchev–Trinajstić information content (AvgIpc) is 2.87. The van der Waals surface area contributed by atoms with E-state index in [-0.39, 0.29) is 0 Å². The fourth-order valence-corrected chi connectivity index (χ4v) is 4.16. The fourth-order valence-electron chi connectivity index (χ4n) is 3.07. The Morgan fingerprint density at radius 2 is 1.95 bits per heavy atom. The van der Waals surface area contributed by atoms with E-state index in [9.17, 15) is 0 Å². The first kappa shape index (κ1) is 14.1. The molecule has 2 atom stereocenters. The largest absolute Gasteiger partial charge is 0.310 e. The molecule has 1 aliphatic carbocycles. The van der Waals surface area contributed by atoms with Crippen molar-refractivity contribution in [1.29, 1.82) is 0 Å². The summed E-state index contributed by atoms with van der Waals surface area (Å²) in [5, 5.41) is 3.72. The Morgan fingerprint density at radius 1 is 1.15 bits per heavy atom. The molecule has 0 bridgehead atoms. The summed E-state index contributed by atoms with van der Waals surface area (Å²) in [4.78, 5) is 1.36. The minimum Gasteiger partial charge on any atom is -0.310 e. The van der Waals surface area contributed by atoms with Crippen molar-refractivity contribution >= 4 is 22.9 Å². The van der Waals surface area contributed by atoms with E-state index >= 15 is 0 Å². The van der Waals surface area contributed by atoms with Gasteiger partial charge >= 0.3 is 0 Å². The summed E-state index contributed by atoms with van der Waals surface area (Å²) in [5.74, 6) is 0.695. The first-order chi connectivity index (χ1) is 9.74. The highest BCUT2D eigenvalue weighted by atomic mass is 35.5. The van der Waals surface area contributed by atoms with Crippen molar-refractivity contribution in [3.05, 3.63) is 56.7 Å². The van der Waals surface area contributed by atoms with Crippen LogP contribution in [0.4, 0.5) is 0 Å². The van der Waals surface area contributed by atoms with E-state index < -0.39 is 0 Å². The van der Waals surface area contributed by atoms with E-state index in [1.165, 1.54) is 28.8 Å². The molecule has 0 saturated heterocycles. The molecule has 3 rings (SSSR count). The van der Waals surface area contributed by atoms with Crippen LogP contribution in [0.25, 0.3) is 0 Å². The van der Waals surface area contributed by atoms with Crippen molar-refractivity contribution in [1.82, 2.24) is 5.32 Å². The van der Waals surface area contributed by atoms with Gasteiger partial charge in [-0.3, -0.25) is 0 Å². The first-order valence-corrected chi connectivity index (χ1v) is 8.50. The second-order valence-electron chi connectivity index (χ2n) is 5.57. The third kappa shape index (κ3) is 3.08. The predicted molar refractivity (Wildman–Crippen MR) is 87.9 cm³/mol. The number of nitrogens with one attached hydrogen (secondary N) is 1. The summed E-state index contributed by atoms with van der Waals surface area (Å²) in [6.45, 7) is 3.35. The molecule has 0 aliphatic heterocycles. The van der Waals surface area contributed by atoms with Crippen LogP contribution < -0.4 is 5.32 Å². The van der Waals surface area contributed by atoms with Gasteiger partial charge in [-0.2, -0.15) is 0 Å². The van der Waals surface area contributed by atoms with Gasteiger partial charge in [-0.1, -0.05) is 42.8 Å². The number of rotatable bonds is 4. The number of hydrogen-bond acceptors (Lipinski definition) is 2. The van der Waals surface area contributed by atoms with E-state index in [4.69, 9.17) is 11.6 Å². The summed E-state index contributed by atoms with van der Waals surface area (Å²) < 4.78 is 0.886. The first-order valence-electron chi connectivity index (χ1n) is 7.30. The minimum absolute atomic E-state index is 0.512. The third-order valence-corrected chi connectivity index (χ3v) is 5.47. The van der Waals surface area contributed by atoms with E-state index in [1.54, 1.807) is 11.3 Å². The fraction of sp³-hybridized carbons (Fsp3) is 0.412. The van der Waals surface area contributed by atoms with Crippen LogP contribution in [0.15, 0.2) is 36.4 Å². The van der Waals surface area contributed by atoms with Gasteiger partial charge < -0.3 is 5.32 Å². The van der Waals surface area contributed by atoms with Crippen LogP contribution in [0.1, 0.15) is 47.7 Å². The predicted octanol–water partition coefficient (Wildman–Crippen LogP) is 5.17. The van der Waals surface area contributed by atoms with Crippen molar-refractivity contribution in [3.63, 3.8) is 0 Å². The number of fused-ring (bicyclic) bond motifs is 1. The second kappa shape index (κ2) is 6.30. The summed E-state index contributed by atoms with van der Waals surface area (Å²) in [6, 6.07) is 13.5. The van der Waals surface area contributed by atoms with Crippen molar-refractivity contribution in [2.75, 3.05) is 6.54 Å². The molecule has 1 aliphatic rings. The van der Waals surface area contributed by atoms with Gasteiger partial charge in [-0.15, -0.1) is 11.3 Å². The van der Waals surface area contributed by atoms with E-state index in [0.29, 0.717) is 12.0 Å². The summed E-state index contributed by atoms with van der Waals surface area (Å²) in [5.41, 5.74) is 3.02. The van der Waals surface area contributed by atoms with Gasteiger partial charge in [-0.25, -0.2) is 0 Å². The maximum absolute atomic E-state index is 5.97. The Hall–Kier alpha value is -0.830. The highest BCUT2D eigenvalue weighted by Gasteiger charge is 2.23. The zero-order valence-corrected chi connectivity index (χ0v) is 13.3. The van der Waals surface area contributed by atoms with Crippen LogP contribution in [0.3, 0.4) is 0 Å². The van der Waals surface area contributed by atoms with Gasteiger partial charge in [0.15, 0.2) is 0 Å².